The summed E-state index contributed by atoms with van der Waals surface area (Å²) in [5, 5.41) is 37.0. The Morgan fingerprint density at radius 1 is 1.07 bits per heavy atom. The fourth-order valence-electron chi connectivity index (χ4n) is 5.53. The Bertz CT molecular complexity index is 2090. The normalized spacial score (nSPS) is 14.7. The van der Waals surface area contributed by atoms with Crippen LogP contribution in [0, 0.1) is 28.1 Å². The zero-order chi connectivity index (χ0) is 32.1. The molecular weight excluding hydrogens is 576 g/mol. The van der Waals surface area contributed by atoms with Gasteiger partial charge in [-0.15, -0.1) is 5.10 Å². The van der Waals surface area contributed by atoms with Crippen LogP contribution in [0.25, 0.3) is 21.7 Å². The summed E-state index contributed by atoms with van der Waals surface area (Å²) in [6, 6.07) is 14.3. The molecule has 3 aromatic heterocycles. The van der Waals surface area contributed by atoms with Crippen molar-refractivity contribution >= 4 is 33.1 Å². The van der Waals surface area contributed by atoms with Crippen LogP contribution in [0.1, 0.15) is 62.0 Å². The number of halogens is 2. The number of fused-ring (bicyclic) bond motifs is 2. The van der Waals surface area contributed by atoms with E-state index < -0.39 is 18.0 Å². The fourth-order valence-corrected chi connectivity index (χ4v) is 5.53. The first kappa shape index (κ1) is 29.7. The van der Waals surface area contributed by atoms with Gasteiger partial charge >= 0.3 is 0 Å². The second kappa shape index (κ2) is 11.0. The van der Waals surface area contributed by atoms with Gasteiger partial charge in [0.05, 0.1) is 34.6 Å². The summed E-state index contributed by atoms with van der Waals surface area (Å²) in [7, 11) is 1.67. The lowest BCUT2D eigenvalue weighted by molar-refractivity contribution is 0.0593. The van der Waals surface area contributed by atoms with E-state index >= 15 is 0 Å². The summed E-state index contributed by atoms with van der Waals surface area (Å²) in [6.45, 7) is 6.76. The van der Waals surface area contributed by atoms with Gasteiger partial charge in [0.25, 0.3) is 12.0 Å². The van der Waals surface area contributed by atoms with E-state index in [0.29, 0.717) is 69.3 Å². The standard InChI is InChI=1S/C33H31F2N9O/c1-32(2,3)18-39-28-20(15-37)16-38-27-19(14-36)12-21(13-25(27)28)40-29(26-17-44(42-41-26)33(9-10-33)31(34)35)23-6-5-7-24-22(23)8-11-43(4)30(24)45/h5-8,11-13,16-17,29,31,40H,9-10,18H2,1-4H3,(H,38,39). The first-order chi connectivity index (χ1) is 21.5. The third-order valence-corrected chi connectivity index (χ3v) is 8.22. The van der Waals surface area contributed by atoms with Crippen LogP contribution in [0.5, 0.6) is 0 Å². The van der Waals surface area contributed by atoms with Gasteiger partial charge in [0.2, 0.25) is 0 Å². The van der Waals surface area contributed by atoms with Crippen molar-refractivity contribution in [2.45, 2.75) is 51.6 Å². The molecule has 0 bridgehead atoms. The number of benzene rings is 2. The van der Waals surface area contributed by atoms with Crippen molar-refractivity contribution in [2.75, 3.05) is 17.2 Å². The maximum atomic E-state index is 14.0. The lowest BCUT2D eigenvalue weighted by Crippen LogP contribution is -2.26. The number of nitrogens with one attached hydrogen (secondary N) is 2. The fraction of sp³-hybridized carbons (Fsp3) is 0.333. The molecule has 1 saturated carbocycles. The molecule has 1 fully saturated rings. The predicted octanol–water partition coefficient (Wildman–Crippen LogP) is 5.84. The molecule has 0 spiro atoms. The molecular formula is C33H31F2N9O. The summed E-state index contributed by atoms with van der Waals surface area (Å²) >= 11 is 0. The molecule has 1 atom stereocenters. The minimum Gasteiger partial charge on any atom is -0.383 e. The number of alkyl halides is 2. The molecule has 0 aliphatic heterocycles. The van der Waals surface area contributed by atoms with Crippen LogP contribution in [0.2, 0.25) is 0 Å². The number of pyridine rings is 2. The molecule has 228 valence electrons. The highest BCUT2D eigenvalue weighted by atomic mass is 19.3. The van der Waals surface area contributed by atoms with Gasteiger partial charge in [-0.05, 0) is 53.5 Å². The quantitative estimate of drug-likeness (QED) is 0.225. The van der Waals surface area contributed by atoms with Crippen LogP contribution >= 0.6 is 0 Å². The van der Waals surface area contributed by atoms with E-state index in [1.165, 1.54) is 21.6 Å². The Kier molecular flexibility index (Phi) is 7.24. The lowest BCUT2D eigenvalue weighted by Gasteiger charge is -2.23. The molecule has 6 rings (SSSR count). The number of nitriles is 2. The van der Waals surface area contributed by atoms with Gasteiger partial charge in [0.1, 0.15) is 23.4 Å². The third kappa shape index (κ3) is 5.33. The zero-order valence-corrected chi connectivity index (χ0v) is 25.3. The van der Waals surface area contributed by atoms with Crippen LogP contribution in [0.15, 0.2) is 59.8 Å². The summed E-state index contributed by atoms with van der Waals surface area (Å²) in [5.74, 6) is 0. The molecule has 3 heterocycles. The van der Waals surface area contributed by atoms with Gasteiger partial charge in [-0.25, -0.2) is 13.5 Å². The van der Waals surface area contributed by atoms with Crippen LogP contribution < -0.4 is 16.2 Å². The molecule has 10 nitrogen and oxygen atoms in total. The summed E-state index contributed by atoms with van der Waals surface area (Å²) < 4.78 is 30.7. The Hall–Kier alpha value is -5.36. The van der Waals surface area contributed by atoms with Crippen LogP contribution in [-0.4, -0.2) is 37.5 Å². The number of hydrogen-bond acceptors (Lipinski definition) is 8. The number of hydrogen-bond donors (Lipinski definition) is 2. The van der Waals surface area contributed by atoms with Gasteiger partial charge in [-0.2, -0.15) is 10.5 Å². The number of aromatic nitrogens is 5. The van der Waals surface area contributed by atoms with Crippen LogP contribution in [0.4, 0.5) is 20.2 Å². The molecule has 12 heteroatoms. The smallest absolute Gasteiger partial charge is 0.263 e. The van der Waals surface area contributed by atoms with Gasteiger partial charge < -0.3 is 15.2 Å². The number of aryl methyl sites for hydroxylation is 1. The van der Waals surface area contributed by atoms with Gasteiger partial charge in [0.15, 0.2) is 0 Å². The predicted molar refractivity (Wildman–Crippen MR) is 167 cm³/mol. The monoisotopic (exact) mass is 607 g/mol. The van der Waals surface area contributed by atoms with E-state index in [1.54, 1.807) is 37.5 Å². The minimum atomic E-state index is -2.60. The second-order valence-corrected chi connectivity index (χ2v) is 12.7. The molecule has 0 radical (unpaired) electrons. The molecule has 2 aromatic carbocycles. The lowest BCUT2D eigenvalue weighted by atomic mass is 9.96. The molecule has 1 aliphatic carbocycles. The number of anilines is 2. The largest absolute Gasteiger partial charge is 0.383 e. The van der Waals surface area contributed by atoms with Crippen molar-refractivity contribution in [3.05, 3.63) is 87.7 Å². The van der Waals surface area contributed by atoms with Crippen molar-refractivity contribution in [3.8, 4) is 12.1 Å². The zero-order valence-electron chi connectivity index (χ0n) is 25.3. The first-order valence-corrected chi connectivity index (χ1v) is 14.5. The third-order valence-electron chi connectivity index (χ3n) is 8.22. The molecule has 1 unspecified atom stereocenters. The van der Waals surface area contributed by atoms with E-state index in [-0.39, 0.29) is 16.5 Å². The molecule has 5 aromatic rings. The average molecular weight is 608 g/mol. The van der Waals surface area contributed by atoms with Gasteiger partial charge in [0, 0.05) is 42.4 Å². The van der Waals surface area contributed by atoms with E-state index in [9.17, 15) is 24.1 Å². The van der Waals surface area contributed by atoms with Gasteiger partial charge in [-0.3, -0.25) is 9.78 Å². The van der Waals surface area contributed by atoms with E-state index in [0.717, 1.165) is 0 Å². The molecule has 0 saturated heterocycles. The van der Waals surface area contributed by atoms with Crippen LogP contribution in [0.3, 0.4) is 0 Å². The van der Waals surface area contributed by atoms with Crippen molar-refractivity contribution in [2.24, 2.45) is 12.5 Å². The average Bonchev–Trinajstić information content (AvgIpc) is 3.69. The van der Waals surface area contributed by atoms with Crippen LogP contribution in [-0.2, 0) is 12.6 Å². The Labute approximate surface area is 257 Å². The molecule has 1 aliphatic rings. The highest BCUT2D eigenvalue weighted by Crippen LogP contribution is 2.48. The Morgan fingerprint density at radius 3 is 2.49 bits per heavy atom. The number of nitrogens with zero attached hydrogens (tertiary/aromatic N) is 7. The molecule has 2 N–H and O–H groups in total. The Balaban J connectivity index is 1.53. The second-order valence-electron chi connectivity index (χ2n) is 12.7. The van der Waals surface area contributed by atoms with E-state index in [1.807, 2.05) is 12.1 Å². The summed E-state index contributed by atoms with van der Waals surface area (Å²) in [6.07, 6.45) is 2.64. The first-order valence-electron chi connectivity index (χ1n) is 14.5. The summed E-state index contributed by atoms with van der Waals surface area (Å²) in [4.78, 5) is 17.5. The minimum absolute atomic E-state index is 0.101. The van der Waals surface area contributed by atoms with Crippen molar-refractivity contribution < 1.29 is 8.78 Å². The maximum absolute atomic E-state index is 14.0. The number of rotatable bonds is 8. The highest BCUT2D eigenvalue weighted by molar-refractivity contribution is 5.99. The maximum Gasteiger partial charge on any atom is 0.263 e. The summed E-state index contributed by atoms with van der Waals surface area (Å²) in [5.41, 5.74) is 1.48. The van der Waals surface area contributed by atoms with Crippen molar-refractivity contribution in [1.29, 1.82) is 10.5 Å². The topological polar surface area (TPSA) is 137 Å². The molecule has 0 amide bonds. The van der Waals surface area contributed by atoms with Crippen molar-refractivity contribution in [1.82, 2.24) is 24.5 Å². The van der Waals surface area contributed by atoms with Crippen molar-refractivity contribution in [3.63, 3.8) is 0 Å². The van der Waals surface area contributed by atoms with E-state index in [4.69, 9.17) is 0 Å². The highest BCUT2D eigenvalue weighted by Gasteiger charge is 2.54. The Morgan fingerprint density at radius 2 is 1.82 bits per heavy atom. The molecule has 45 heavy (non-hydrogen) atoms. The van der Waals surface area contributed by atoms with Gasteiger partial charge in [-0.1, -0.05) is 38.1 Å². The van der Waals surface area contributed by atoms with E-state index in [2.05, 4.69) is 58.8 Å². The SMILES string of the molecule is Cn1ccc2c(C(Nc3cc(C#N)c4ncc(C#N)c(NCC(C)(C)C)c4c3)c3cn(C4(C(F)F)CC4)nn3)cccc2c1=O.